The Kier molecular flexibility index (Phi) is 4.21. The van der Waals surface area contributed by atoms with Gasteiger partial charge >= 0.3 is 0 Å². The van der Waals surface area contributed by atoms with E-state index in [1.165, 1.54) is 22.4 Å². The SMILES string of the molecule is CN=C(Nc1c(C)cc(C)cc1C)SC. The van der Waals surface area contributed by atoms with Gasteiger partial charge in [-0.3, -0.25) is 4.99 Å². The van der Waals surface area contributed by atoms with E-state index >= 15 is 0 Å². The molecule has 0 aromatic heterocycles. The predicted molar refractivity (Wildman–Crippen MR) is 71.1 cm³/mol. The zero-order valence-electron chi connectivity index (χ0n) is 10.0. The quantitative estimate of drug-likeness (QED) is 0.582. The summed E-state index contributed by atoms with van der Waals surface area (Å²) in [5.74, 6) is 0. The fourth-order valence-electron chi connectivity index (χ4n) is 1.68. The summed E-state index contributed by atoms with van der Waals surface area (Å²) in [5, 5.41) is 4.30. The van der Waals surface area contributed by atoms with Gasteiger partial charge in [-0.2, -0.15) is 0 Å². The number of nitrogens with zero attached hydrogens (tertiary/aromatic N) is 1. The van der Waals surface area contributed by atoms with Crippen molar-refractivity contribution in [1.82, 2.24) is 0 Å². The molecule has 0 atom stereocenters. The van der Waals surface area contributed by atoms with E-state index in [-0.39, 0.29) is 0 Å². The molecule has 0 aliphatic rings. The minimum atomic E-state index is 0.949. The maximum atomic E-state index is 4.17. The maximum Gasteiger partial charge on any atom is 0.160 e. The van der Waals surface area contributed by atoms with Crippen LogP contribution in [0.25, 0.3) is 0 Å². The van der Waals surface area contributed by atoms with Gasteiger partial charge in [0.15, 0.2) is 5.17 Å². The molecule has 0 spiro atoms. The second kappa shape index (κ2) is 5.21. The van der Waals surface area contributed by atoms with Crippen LogP contribution in [-0.2, 0) is 0 Å². The molecule has 0 saturated heterocycles. The number of nitrogens with one attached hydrogen (secondary N) is 1. The maximum absolute atomic E-state index is 4.17. The minimum absolute atomic E-state index is 0.949. The van der Waals surface area contributed by atoms with Crippen molar-refractivity contribution in [2.45, 2.75) is 20.8 Å². The molecular formula is C12H18N2S. The average Bonchev–Trinajstić information content (AvgIpc) is 2.17. The van der Waals surface area contributed by atoms with Crippen molar-refractivity contribution in [2.75, 3.05) is 18.6 Å². The highest BCUT2D eigenvalue weighted by Crippen LogP contribution is 2.22. The van der Waals surface area contributed by atoms with Crippen molar-refractivity contribution < 1.29 is 0 Å². The van der Waals surface area contributed by atoms with E-state index in [1.54, 1.807) is 18.8 Å². The summed E-state index contributed by atoms with van der Waals surface area (Å²) in [6, 6.07) is 4.37. The molecule has 0 bridgehead atoms. The molecule has 1 N–H and O–H groups in total. The monoisotopic (exact) mass is 222 g/mol. The first-order chi connectivity index (χ1) is 7.08. The predicted octanol–water partition coefficient (Wildman–Crippen LogP) is 3.37. The Morgan fingerprint density at radius 3 is 2.13 bits per heavy atom. The molecule has 2 nitrogen and oxygen atoms in total. The number of hydrogen-bond acceptors (Lipinski definition) is 2. The molecular weight excluding hydrogens is 204 g/mol. The minimum Gasteiger partial charge on any atom is -0.335 e. The summed E-state index contributed by atoms with van der Waals surface area (Å²) in [4.78, 5) is 4.17. The molecule has 0 aliphatic carbocycles. The van der Waals surface area contributed by atoms with Gasteiger partial charge in [-0.25, -0.2) is 0 Å². The zero-order valence-corrected chi connectivity index (χ0v) is 10.8. The van der Waals surface area contributed by atoms with Gasteiger partial charge < -0.3 is 5.32 Å². The molecule has 0 amide bonds. The Balaban J connectivity index is 3.05. The molecule has 15 heavy (non-hydrogen) atoms. The van der Waals surface area contributed by atoms with E-state index < -0.39 is 0 Å². The van der Waals surface area contributed by atoms with Crippen molar-refractivity contribution in [2.24, 2.45) is 4.99 Å². The van der Waals surface area contributed by atoms with Crippen LogP contribution in [0.1, 0.15) is 16.7 Å². The Morgan fingerprint density at radius 2 is 1.73 bits per heavy atom. The number of benzene rings is 1. The number of anilines is 1. The Labute approximate surface area is 96.2 Å². The van der Waals surface area contributed by atoms with Gasteiger partial charge in [0.1, 0.15) is 0 Å². The lowest BCUT2D eigenvalue weighted by Gasteiger charge is -2.13. The molecule has 1 aromatic rings. The zero-order chi connectivity index (χ0) is 11.4. The van der Waals surface area contributed by atoms with Gasteiger partial charge in [0.05, 0.1) is 0 Å². The van der Waals surface area contributed by atoms with E-state index in [4.69, 9.17) is 0 Å². The third-order valence-electron chi connectivity index (χ3n) is 2.31. The highest BCUT2D eigenvalue weighted by molar-refractivity contribution is 8.13. The van der Waals surface area contributed by atoms with Crippen LogP contribution in [0, 0.1) is 20.8 Å². The normalized spacial score (nSPS) is 11.7. The fourth-order valence-corrected chi connectivity index (χ4v) is 2.07. The molecule has 0 fully saturated rings. The first-order valence-corrected chi connectivity index (χ1v) is 6.16. The van der Waals surface area contributed by atoms with Crippen LogP contribution in [0.3, 0.4) is 0 Å². The molecule has 1 aromatic carbocycles. The third-order valence-corrected chi connectivity index (χ3v) is 2.98. The van der Waals surface area contributed by atoms with Gasteiger partial charge in [0.25, 0.3) is 0 Å². The number of amidine groups is 1. The highest BCUT2D eigenvalue weighted by atomic mass is 32.2. The van der Waals surface area contributed by atoms with E-state index in [9.17, 15) is 0 Å². The third kappa shape index (κ3) is 2.99. The highest BCUT2D eigenvalue weighted by Gasteiger charge is 2.05. The lowest BCUT2D eigenvalue weighted by Crippen LogP contribution is -2.09. The summed E-state index contributed by atoms with van der Waals surface area (Å²) in [7, 11) is 1.80. The fraction of sp³-hybridized carbons (Fsp3) is 0.417. The summed E-state index contributed by atoms with van der Waals surface area (Å²) in [6.45, 7) is 6.36. The Morgan fingerprint density at radius 1 is 1.20 bits per heavy atom. The topological polar surface area (TPSA) is 24.4 Å². The van der Waals surface area contributed by atoms with Crippen LogP contribution in [0.15, 0.2) is 17.1 Å². The smallest absolute Gasteiger partial charge is 0.160 e. The first-order valence-electron chi connectivity index (χ1n) is 4.94. The number of thioether (sulfide) groups is 1. The summed E-state index contributed by atoms with van der Waals surface area (Å²) in [5.41, 5.74) is 5.01. The van der Waals surface area contributed by atoms with E-state index in [2.05, 4.69) is 43.2 Å². The number of aliphatic imine (C=N–C) groups is 1. The Hall–Kier alpha value is -0.960. The number of rotatable bonds is 1. The standard InChI is InChI=1S/C12H18N2S/c1-8-6-9(2)11(10(3)7-8)14-12(13-4)15-5/h6-7H,1-5H3,(H,13,14). The second-order valence-electron chi connectivity index (χ2n) is 3.63. The van der Waals surface area contributed by atoms with Gasteiger partial charge in [0.2, 0.25) is 0 Å². The Bertz CT molecular complexity index is 360. The van der Waals surface area contributed by atoms with E-state index in [0.29, 0.717) is 0 Å². The van der Waals surface area contributed by atoms with Crippen LogP contribution in [0.4, 0.5) is 5.69 Å². The molecule has 1 rings (SSSR count). The van der Waals surface area contributed by atoms with Crippen molar-refractivity contribution in [3.63, 3.8) is 0 Å². The van der Waals surface area contributed by atoms with Crippen LogP contribution in [-0.4, -0.2) is 18.5 Å². The van der Waals surface area contributed by atoms with E-state index in [1.807, 2.05) is 6.26 Å². The number of hydrogen-bond donors (Lipinski definition) is 1. The molecule has 0 heterocycles. The van der Waals surface area contributed by atoms with Gasteiger partial charge in [-0.05, 0) is 38.2 Å². The van der Waals surface area contributed by atoms with Crippen molar-refractivity contribution in [1.29, 1.82) is 0 Å². The molecule has 0 unspecified atom stereocenters. The van der Waals surface area contributed by atoms with E-state index in [0.717, 1.165) is 5.17 Å². The van der Waals surface area contributed by atoms with Crippen molar-refractivity contribution in [3.8, 4) is 0 Å². The summed E-state index contributed by atoms with van der Waals surface area (Å²) >= 11 is 1.63. The molecule has 3 heteroatoms. The van der Waals surface area contributed by atoms with Gasteiger partial charge in [-0.15, -0.1) is 0 Å². The molecule has 82 valence electrons. The second-order valence-corrected chi connectivity index (χ2v) is 4.43. The average molecular weight is 222 g/mol. The largest absolute Gasteiger partial charge is 0.335 e. The van der Waals surface area contributed by atoms with Crippen LogP contribution >= 0.6 is 11.8 Å². The lowest BCUT2D eigenvalue weighted by molar-refractivity contribution is 1.31. The molecule has 0 radical (unpaired) electrons. The van der Waals surface area contributed by atoms with Crippen LogP contribution in [0.5, 0.6) is 0 Å². The summed E-state index contributed by atoms with van der Waals surface area (Å²) in [6.07, 6.45) is 2.02. The van der Waals surface area contributed by atoms with Crippen LogP contribution < -0.4 is 5.32 Å². The molecule has 0 saturated carbocycles. The van der Waals surface area contributed by atoms with Gasteiger partial charge in [0, 0.05) is 12.7 Å². The lowest BCUT2D eigenvalue weighted by atomic mass is 10.1. The van der Waals surface area contributed by atoms with Gasteiger partial charge in [-0.1, -0.05) is 29.5 Å². The van der Waals surface area contributed by atoms with Crippen molar-refractivity contribution >= 4 is 22.6 Å². The first kappa shape index (κ1) is 12.1. The van der Waals surface area contributed by atoms with Crippen LogP contribution in [0.2, 0.25) is 0 Å². The molecule has 0 aliphatic heterocycles. The van der Waals surface area contributed by atoms with Crippen molar-refractivity contribution in [3.05, 3.63) is 28.8 Å². The summed E-state index contributed by atoms with van der Waals surface area (Å²) < 4.78 is 0. The number of aryl methyl sites for hydroxylation is 3.